The molecule has 3 N–H and O–H groups in total. The average Bonchev–Trinajstić information content (AvgIpc) is 2.41. The van der Waals surface area contributed by atoms with E-state index in [0.717, 1.165) is 33.1 Å². The monoisotopic (exact) mass is 397 g/mol. The Hall–Kier alpha value is -1.40. The largest absolute Gasteiger partial charge is 0.383 e. The van der Waals surface area contributed by atoms with Crippen LogP contribution in [0.25, 0.3) is 11.1 Å². The molecular weight excluding hydrogens is 386 g/mol. The highest BCUT2D eigenvalue weighted by Gasteiger charge is 2.17. The summed E-state index contributed by atoms with van der Waals surface area (Å²) in [5.74, 6) is 0.483. The number of nitrogens with one attached hydrogen (secondary N) is 1. The van der Waals surface area contributed by atoms with Gasteiger partial charge in [0.15, 0.2) is 0 Å². The molecule has 0 atom stereocenters. The summed E-state index contributed by atoms with van der Waals surface area (Å²) in [7, 11) is 0. The number of nitrogens with zero attached hydrogens (tertiary/aromatic N) is 1. The number of carbonyl (C=O) groups is 1. The highest BCUT2D eigenvalue weighted by molar-refractivity contribution is 9.10. The lowest BCUT2D eigenvalue weighted by molar-refractivity contribution is 0.0946. The predicted molar refractivity (Wildman–Crippen MR) is 88.1 cm³/mol. The summed E-state index contributed by atoms with van der Waals surface area (Å²) in [5, 5.41) is 2.83. The third-order valence-electron chi connectivity index (χ3n) is 3.23. The van der Waals surface area contributed by atoms with Crippen LogP contribution in [0.1, 0.15) is 15.9 Å². The Morgan fingerprint density at radius 3 is 2.85 bits per heavy atom. The molecule has 0 radical (unpaired) electrons. The Morgan fingerprint density at radius 1 is 1.25 bits per heavy atom. The van der Waals surface area contributed by atoms with Crippen LogP contribution in [0.4, 0.5) is 5.82 Å². The van der Waals surface area contributed by atoms with Gasteiger partial charge in [-0.15, -0.1) is 17.0 Å². The molecule has 3 rings (SSSR count). The molecule has 2 heterocycles. The summed E-state index contributed by atoms with van der Waals surface area (Å²) >= 11 is 3.40. The number of nitrogen functional groups attached to an aromatic ring is 1. The van der Waals surface area contributed by atoms with Gasteiger partial charge in [0.1, 0.15) is 5.82 Å². The van der Waals surface area contributed by atoms with Crippen molar-refractivity contribution < 1.29 is 4.79 Å². The standard InChI is InChI=1S/C14H12BrN3O.BrH/c15-10-6-12(13(16)18-7-10)8-1-2-11-9(5-8)3-4-17-14(11)19;/h1-2,5-7H,3-4H2,(H2,16,18)(H,17,19);1H. The lowest BCUT2D eigenvalue weighted by Crippen LogP contribution is -2.31. The van der Waals surface area contributed by atoms with Crippen LogP contribution in [0, 0.1) is 0 Å². The fraction of sp³-hybridized carbons (Fsp3) is 0.143. The predicted octanol–water partition coefficient (Wildman–Crippen LogP) is 2.96. The zero-order chi connectivity index (χ0) is 13.4. The second-order valence-electron chi connectivity index (χ2n) is 4.46. The summed E-state index contributed by atoms with van der Waals surface area (Å²) in [6, 6.07) is 7.71. The van der Waals surface area contributed by atoms with Gasteiger partial charge in [0.25, 0.3) is 5.91 Å². The Balaban J connectivity index is 0.00000147. The minimum absolute atomic E-state index is 0. The molecule has 20 heavy (non-hydrogen) atoms. The van der Waals surface area contributed by atoms with Crippen molar-refractivity contribution in [2.45, 2.75) is 6.42 Å². The number of fused-ring (bicyclic) bond motifs is 1. The minimum Gasteiger partial charge on any atom is -0.383 e. The number of pyridine rings is 1. The quantitative estimate of drug-likeness (QED) is 0.775. The van der Waals surface area contributed by atoms with Crippen molar-refractivity contribution in [2.75, 3.05) is 12.3 Å². The number of amides is 1. The summed E-state index contributed by atoms with van der Waals surface area (Å²) in [5.41, 5.74) is 9.58. The van der Waals surface area contributed by atoms with Gasteiger partial charge in [0.05, 0.1) is 0 Å². The van der Waals surface area contributed by atoms with Crippen LogP contribution in [-0.4, -0.2) is 17.4 Å². The molecule has 0 unspecified atom stereocenters. The van der Waals surface area contributed by atoms with Gasteiger partial charge >= 0.3 is 0 Å². The molecular formula is C14H13Br2N3O. The Bertz CT molecular complexity index is 673. The third kappa shape index (κ3) is 2.71. The normalized spacial score (nSPS) is 13.2. The number of carbonyl (C=O) groups excluding carboxylic acids is 1. The first-order valence-electron chi connectivity index (χ1n) is 5.97. The Labute approximate surface area is 135 Å². The number of benzene rings is 1. The maximum absolute atomic E-state index is 11.7. The van der Waals surface area contributed by atoms with Gasteiger partial charge in [-0.25, -0.2) is 4.98 Å². The van der Waals surface area contributed by atoms with Crippen LogP contribution in [0.2, 0.25) is 0 Å². The molecule has 0 aliphatic carbocycles. The third-order valence-corrected chi connectivity index (χ3v) is 3.66. The van der Waals surface area contributed by atoms with Crippen molar-refractivity contribution in [2.24, 2.45) is 0 Å². The van der Waals surface area contributed by atoms with E-state index in [1.165, 1.54) is 0 Å². The average molecular weight is 399 g/mol. The SMILES string of the molecule is Br.Nc1ncc(Br)cc1-c1ccc2c(c1)CCNC2=O. The van der Waals surface area contributed by atoms with Crippen LogP contribution in [0.15, 0.2) is 34.9 Å². The van der Waals surface area contributed by atoms with E-state index >= 15 is 0 Å². The number of aromatic nitrogens is 1. The maximum atomic E-state index is 11.7. The van der Waals surface area contributed by atoms with E-state index < -0.39 is 0 Å². The van der Waals surface area contributed by atoms with E-state index in [1.807, 2.05) is 24.3 Å². The van der Waals surface area contributed by atoms with Gasteiger partial charge in [0, 0.05) is 28.3 Å². The fourth-order valence-corrected chi connectivity index (χ4v) is 2.61. The van der Waals surface area contributed by atoms with Gasteiger partial charge in [-0.1, -0.05) is 12.1 Å². The molecule has 0 saturated heterocycles. The fourth-order valence-electron chi connectivity index (χ4n) is 2.28. The van der Waals surface area contributed by atoms with Crippen molar-refractivity contribution in [3.8, 4) is 11.1 Å². The van der Waals surface area contributed by atoms with Crippen molar-refractivity contribution in [3.05, 3.63) is 46.1 Å². The van der Waals surface area contributed by atoms with E-state index in [0.29, 0.717) is 12.4 Å². The topological polar surface area (TPSA) is 68.0 Å². The molecule has 104 valence electrons. The molecule has 0 spiro atoms. The summed E-state index contributed by atoms with van der Waals surface area (Å²) in [4.78, 5) is 15.8. The van der Waals surface area contributed by atoms with E-state index in [-0.39, 0.29) is 22.9 Å². The molecule has 0 bridgehead atoms. The second-order valence-corrected chi connectivity index (χ2v) is 5.38. The van der Waals surface area contributed by atoms with Crippen molar-refractivity contribution in [1.82, 2.24) is 10.3 Å². The van der Waals surface area contributed by atoms with E-state index in [2.05, 4.69) is 26.2 Å². The van der Waals surface area contributed by atoms with E-state index in [9.17, 15) is 4.79 Å². The Morgan fingerprint density at radius 2 is 2.05 bits per heavy atom. The first-order valence-corrected chi connectivity index (χ1v) is 6.77. The van der Waals surface area contributed by atoms with Gasteiger partial charge in [-0.05, 0) is 45.6 Å². The number of halogens is 2. The second kappa shape index (κ2) is 5.93. The zero-order valence-corrected chi connectivity index (χ0v) is 13.8. The highest BCUT2D eigenvalue weighted by atomic mass is 79.9. The van der Waals surface area contributed by atoms with Gasteiger partial charge in [0.2, 0.25) is 0 Å². The van der Waals surface area contributed by atoms with Gasteiger partial charge in [-0.2, -0.15) is 0 Å². The van der Waals surface area contributed by atoms with Crippen LogP contribution in [0.5, 0.6) is 0 Å². The molecule has 1 aliphatic rings. The van der Waals surface area contributed by atoms with Crippen LogP contribution >= 0.6 is 32.9 Å². The molecule has 0 fully saturated rings. The maximum Gasteiger partial charge on any atom is 0.251 e. The zero-order valence-electron chi connectivity index (χ0n) is 10.5. The Kier molecular flexibility index (Phi) is 4.45. The van der Waals surface area contributed by atoms with Crippen molar-refractivity contribution >= 4 is 44.6 Å². The highest BCUT2D eigenvalue weighted by Crippen LogP contribution is 2.29. The van der Waals surface area contributed by atoms with Crippen LogP contribution in [-0.2, 0) is 6.42 Å². The summed E-state index contributed by atoms with van der Waals surface area (Å²) < 4.78 is 0.882. The number of anilines is 1. The molecule has 1 aliphatic heterocycles. The summed E-state index contributed by atoms with van der Waals surface area (Å²) in [6.45, 7) is 0.682. The molecule has 4 nitrogen and oxygen atoms in total. The van der Waals surface area contributed by atoms with E-state index in [1.54, 1.807) is 6.20 Å². The minimum atomic E-state index is -0.00635. The smallest absolute Gasteiger partial charge is 0.251 e. The molecule has 0 saturated carbocycles. The molecule has 6 heteroatoms. The van der Waals surface area contributed by atoms with Crippen molar-refractivity contribution in [1.29, 1.82) is 0 Å². The number of rotatable bonds is 1. The molecule has 1 aromatic carbocycles. The van der Waals surface area contributed by atoms with Gasteiger partial charge < -0.3 is 11.1 Å². The summed E-state index contributed by atoms with van der Waals surface area (Å²) in [6.07, 6.45) is 2.51. The lowest BCUT2D eigenvalue weighted by atomic mass is 9.95. The van der Waals surface area contributed by atoms with Gasteiger partial charge in [-0.3, -0.25) is 4.79 Å². The first-order chi connectivity index (χ1) is 9.15. The molecule has 2 aromatic rings. The first kappa shape index (κ1) is 15.0. The number of hydrogen-bond acceptors (Lipinski definition) is 3. The molecule has 1 aromatic heterocycles. The molecule has 1 amide bonds. The van der Waals surface area contributed by atoms with Crippen molar-refractivity contribution in [3.63, 3.8) is 0 Å². The number of nitrogens with two attached hydrogens (primary N) is 1. The number of hydrogen-bond donors (Lipinski definition) is 2. The van der Waals surface area contributed by atoms with Crippen LogP contribution in [0.3, 0.4) is 0 Å². The van der Waals surface area contributed by atoms with E-state index in [4.69, 9.17) is 5.73 Å². The van der Waals surface area contributed by atoms with Crippen LogP contribution < -0.4 is 11.1 Å². The lowest BCUT2D eigenvalue weighted by Gasteiger charge is -2.17.